The van der Waals surface area contributed by atoms with Crippen LogP contribution in [-0.2, 0) is 27.3 Å². The van der Waals surface area contributed by atoms with Gasteiger partial charge in [-0.15, -0.1) is 0 Å². The van der Waals surface area contributed by atoms with Gasteiger partial charge in [0.1, 0.15) is 5.82 Å². The fourth-order valence-corrected chi connectivity index (χ4v) is 2.88. The van der Waals surface area contributed by atoms with E-state index in [0.29, 0.717) is 5.69 Å². The van der Waals surface area contributed by atoms with E-state index in [0.717, 1.165) is 30.9 Å². The number of nitrogens with one attached hydrogen (secondary N) is 1. The van der Waals surface area contributed by atoms with E-state index < -0.39 is 11.9 Å². The SMILES string of the molecule is CCOC(=O)C(=O)Nc1cc(N2CCc3ccccc3C2)ncc1C. The quantitative estimate of drug-likeness (QED) is 0.687. The van der Waals surface area contributed by atoms with E-state index in [2.05, 4.69) is 33.4 Å². The Morgan fingerprint density at radius 1 is 1.28 bits per heavy atom. The Hall–Kier alpha value is -2.89. The molecule has 0 unspecified atom stereocenters. The number of aromatic nitrogens is 1. The molecule has 0 fully saturated rings. The van der Waals surface area contributed by atoms with E-state index in [9.17, 15) is 9.59 Å². The Bertz CT molecular complexity index is 804. The average molecular weight is 339 g/mol. The number of hydrogen-bond acceptors (Lipinski definition) is 5. The molecular weight excluding hydrogens is 318 g/mol. The molecule has 0 atom stereocenters. The van der Waals surface area contributed by atoms with E-state index >= 15 is 0 Å². The Morgan fingerprint density at radius 2 is 2.04 bits per heavy atom. The minimum atomic E-state index is -0.882. The number of benzene rings is 1. The van der Waals surface area contributed by atoms with Crippen molar-refractivity contribution in [2.24, 2.45) is 0 Å². The number of anilines is 2. The lowest BCUT2D eigenvalue weighted by Gasteiger charge is -2.30. The van der Waals surface area contributed by atoms with E-state index in [4.69, 9.17) is 4.74 Å². The third-order valence-corrected chi connectivity index (χ3v) is 4.25. The largest absolute Gasteiger partial charge is 0.459 e. The van der Waals surface area contributed by atoms with Crippen LogP contribution in [0.4, 0.5) is 11.5 Å². The molecule has 1 amide bonds. The Kier molecular flexibility index (Phi) is 4.97. The molecule has 1 aromatic heterocycles. The third kappa shape index (κ3) is 3.79. The molecule has 0 bridgehead atoms. The molecular formula is C19H21N3O3. The van der Waals surface area contributed by atoms with E-state index in [1.165, 1.54) is 11.1 Å². The maximum absolute atomic E-state index is 11.9. The lowest BCUT2D eigenvalue weighted by Crippen LogP contribution is -2.31. The van der Waals surface area contributed by atoms with Crippen molar-refractivity contribution in [2.45, 2.75) is 26.8 Å². The van der Waals surface area contributed by atoms with Gasteiger partial charge in [0.15, 0.2) is 0 Å². The highest BCUT2D eigenvalue weighted by atomic mass is 16.5. The molecule has 1 aliphatic heterocycles. The number of carbonyl (C=O) groups excluding carboxylic acids is 2. The van der Waals surface area contributed by atoms with Gasteiger partial charge in [-0.1, -0.05) is 24.3 Å². The lowest BCUT2D eigenvalue weighted by molar-refractivity contribution is -0.152. The first-order valence-corrected chi connectivity index (χ1v) is 8.35. The van der Waals surface area contributed by atoms with E-state index in [-0.39, 0.29) is 6.61 Å². The van der Waals surface area contributed by atoms with Crippen molar-refractivity contribution in [1.82, 2.24) is 4.98 Å². The van der Waals surface area contributed by atoms with Crippen molar-refractivity contribution in [3.63, 3.8) is 0 Å². The highest BCUT2D eigenvalue weighted by Gasteiger charge is 2.20. The zero-order chi connectivity index (χ0) is 17.8. The zero-order valence-electron chi connectivity index (χ0n) is 14.4. The number of fused-ring (bicyclic) bond motifs is 1. The molecule has 3 rings (SSSR count). The van der Waals surface area contributed by atoms with Crippen molar-refractivity contribution in [1.29, 1.82) is 0 Å². The van der Waals surface area contributed by atoms with Gasteiger partial charge in [-0.3, -0.25) is 4.79 Å². The van der Waals surface area contributed by atoms with Crippen molar-refractivity contribution < 1.29 is 14.3 Å². The molecule has 130 valence electrons. The van der Waals surface area contributed by atoms with Crippen LogP contribution in [0, 0.1) is 6.92 Å². The van der Waals surface area contributed by atoms with Gasteiger partial charge < -0.3 is 15.0 Å². The standard InChI is InChI=1S/C19H21N3O3/c1-3-25-19(24)18(23)21-16-10-17(20-11-13(16)2)22-9-8-14-6-4-5-7-15(14)12-22/h4-7,10-11H,3,8-9,12H2,1-2H3,(H,20,21,23). The van der Waals surface area contributed by atoms with Crippen molar-refractivity contribution in [3.05, 3.63) is 53.2 Å². The van der Waals surface area contributed by atoms with Crippen LogP contribution in [0.25, 0.3) is 0 Å². The summed E-state index contributed by atoms with van der Waals surface area (Å²) < 4.78 is 4.72. The second-order valence-electron chi connectivity index (χ2n) is 5.97. The fraction of sp³-hybridized carbons (Fsp3) is 0.316. The van der Waals surface area contributed by atoms with Gasteiger partial charge in [0.05, 0.1) is 6.61 Å². The molecule has 1 aromatic carbocycles. The summed E-state index contributed by atoms with van der Waals surface area (Å²) in [4.78, 5) is 30.1. The number of carbonyl (C=O) groups is 2. The van der Waals surface area contributed by atoms with Gasteiger partial charge in [-0.2, -0.15) is 0 Å². The first-order valence-electron chi connectivity index (χ1n) is 8.35. The molecule has 0 spiro atoms. The molecule has 2 aromatic rings. The average Bonchev–Trinajstić information content (AvgIpc) is 2.63. The molecule has 1 N–H and O–H groups in total. The van der Waals surface area contributed by atoms with Crippen molar-refractivity contribution in [2.75, 3.05) is 23.4 Å². The van der Waals surface area contributed by atoms with Crippen LogP contribution >= 0.6 is 0 Å². The van der Waals surface area contributed by atoms with Crippen molar-refractivity contribution in [3.8, 4) is 0 Å². The van der Waals surface area contributed by atoms with Gasteiger partial charge in [0.25, 0.3) is 0 Å². The van der Waals surface area contributed by atoms with E-state index in [1.54, 1.807) is 19.2 Å². The molecule has 6 heteroatoms. The Balaban J connectivity index is 1.78. The maximum atomic E-state index is 11.9. The molecule has 1 aliphatic rings. The summed E-state index contributed by atoms with van der Waals surface area (Å²) >= 11 is 0. The maximum Gasteiger partial charge on any atom is 0.397 e. The van der Waals surface area contributed by atoms with Crippen LogP contribution in [0.2, 0.25) is 0 Å². The number of esters is 1. The van der Waals surface area contributed by atoms with Crippen LogP contribution < -0.4 is 10.2 Å². The summed E-state index contributed by atoms with van der Waals surface area (Å²) in [5.74, 6) is -0.877. The second-order valence-corrected chi connectivity index (χ2v) is 5.97. The summed E-state index contributed by atoms with van der Waals surface area (Å²) in [7, 11) is 0. The molecule has 0 radical (unpaired) electrons. The summed E-state index contributed by atoms with van der Waals surface area (Å²) in [5.41, 5.74) is 4.01. The van der Waals surface area contributed by atoms with E-state index in [1.807, 2.05) is 13.0 Å². The molecule has 0 saturated heterocycles. The normalized spacial score (nSPS) is 13.1. The summed E-state index contributed by atoms with van der Waals surface area (Å²) in [6.45, 7) is 5.30. The number of hydrogen-bond donors (Lipinski definition) is 1. The summed E-state index contributed by atoms with van der Waals surface area (Å²) in [6, 6.07) is 10.2. The smallest absolute Gasteiger partial charge is 0.397 e. The first kappa shape index (κ1) is 17.0. The van der Waals surface area contributed by atoms with Gasteiger partial charge in [0.2, 0.25) is 0 Å². The van der Waals surface area contributed by atoms with Gasteiger partial charge in [-0.05, 0) is 37.0 Å². The highest BCUT2D eigenvalue weighted by molar-refractivity contribution is 6.37. The second kappa shape index (κ2) is 7.34. The number of pyridine rings is 1. The minimum absolute atomic E-state index is 0.167. The number of ether oxygens (including phenoxy) is 1. The Labute approximate surface area is 146 Å². The zero-order valence-corrected chi connectivity index (χ0v) is 14.4. The number of amides is 1. The summed E-state index contributed by atoms with van der Waals surface area (Å²) in [6.07, 6.45) is 2.66. The third-order valence-electron chi connectivity index (χ3n) is 4.25. The monoisotopic (exact) mass is 339 g/mol. The van der Waals surface area contributed by atoms with Crippen LogP contribution in [0.1, 0.15) is 23.6 Å². The molecule has 0 saturated carbocycles. The van der Waals surface area contributed by atoms with Crippen molar-refractivity contribution >= 4 is 23.4 Å². The summed E-state index contributed by atoms with van der Waals surface area (Å²) in [5, 5.41) is 2.61. The minimum Gasteiger partial charge on any atom is -0.459 e. The molecule has 6 nitrogen and oxygen atoms in total. The molecule has 2 heterocycles. The lowest BCUT2D eigenvalue weighted by atomic mass is 10.00. The topological polar surface area (TPSA) is 71.5 Å². The predicted molar refractivity (Wildman–Crippen MR) is 95.4 cm³/mol. The number of rotatable bonds is 3. The predicted octanol–water partition coefficient (Wildman–Crippen LogP) is 2.45. The van der Waals surface area contributed by atoms with Crippen LogP contribution in [0.5, 0.6) is 0 Å². The molecule has 25 heavy (non-hydrogen) atoms. The highest BCUT2D eigenvalue weighted by Crippen LogP contribution is 2.26. The van der Waals surface area contributed by atoms with Crippen LogP contribution in [0.15, 0.2) is 36.5 Å². The van der Waals surface area contributed by atoms with Gasteiger partial charge in [0, 0.05) is 31.0 Å². The Morgan fingerprint density at radius 3 is 2.80 bits per heavy atom. The van der Waals surface area contributed by atoms with Gasteiger partial charge >= 0.3 is 11.9 Å². The fourth-order valence-electron chi connectivity index (χ4n) is 2.88. The first-order chi connectivity index (χ1) is 12.1. The van der Waals surface area contributed by atoms with Crippen LogP contribution in [0.3, 0.4) is 0 Å². The number of nitrogens with zero attached hydrogens (tertiary/aromatic N) is 2. The molecule has 0 aliphatic carbocycles. The van der Waals surface area contributed by atoms with Crippen LogP contribution in [-0.4, -0.2) is 30.0 Å². The van der Waals surface area contributed by atoms with Gasteiger partial charge in [-0.25, -0.2) is 9.78 Å². The number of aryl methyl sites for hydroxylation is 1.